The van der Waals surface area contributed by atoms with Gasteiger partial charge >= 0.3 is 0 Å². The van der Waals surface area contributed by atoms with Gasteiger partial charge in [-0.2, -0.15) is 0 Å². The average molecular weight is 255 g/mol. The normalized spacial score (nSPS) is 30.3. The molecule has 0 heterocycles. The van der Waals surface area contributed by atoms with E-state index in [-0.39, 0.29) is 5.60 Å². The molecule has 0 spiro atoms. The Labute approximate surface area is 114 Å². The maximum Gasteiger partial charge on any atom is 0.0831 e. The lowest BCUT2D eigenvalue weighted by Gasteiger charge is -2.44. The van der Waals surface area contributed by atoms with Crippen LogP contribution < -0.4 is 5.32 Å². The molecule has 1 aliphatic carbocycles. The molecule has 1 N–H and O–H groups in total. The van der Waals surface area contributed by atoms with Gasteiger partial charge in [-0.25, -0.2) is 0 Å². The van der Waals surface area contributed by atoms with E-state index in [1.54, 1.807) is 0 Å². The van der Waals surface area contributed by atoms with E-state index >= 15 is 0 Å². The minimum absolute atomic E-state index is 0.108. The van der Waals surface area contributed by atoms with Gasteiger partial charge < -0.3 is 10.1 Å². The summed E-state index contributed by atoms with van der Waals surface area (Å²) in [7, 11) is 1.92. The zero-order chi connectivity index (χ0) is 13.4. The molecule has 1 aliphatic rings. The Hall–Kier alpha value is -0.0800. The predicted octanol–water partition coefficient (Wildman–Crippen LogP) is 4.14. The summed E-state index contributed by atoms with van der Waals surface area (Å²) >= 11 is 0. The summed E-state index contributed by atoms with van der Waals surface area (Å²) in [4.78, 5) is 0. The largest absolute Gasteiger partial charge is 0.377 e. The Balaban J connectivity index is 2.65. The number of nitrogens with one attached hydrogen (secondary N) is 1. The molecule has 1 atom stereocenters. The summed E-state index contributed by atoms with van der Waals surface area (Å²) in [5.41, 5.74) is 0.108. The molecule has 0 aromatic rings. The molecule has 18 heavy (non-hydrogen) atoms. The van der Waals surface area contributed by atoms with Gasteiger partial charge in [0, 0.05) is 13.2 Å². The van der Waals surface area contributed by atoms with Crippen molar-refractivity contribution in [2.24, 2.45) is 5.92 Å². The Morgan fingerprint density at radius 2 is 1.89 bits per heavy atom. The third-order valence-electron chi connectivity index (χ3n) is 4.65. The first-order chi connectivity index (χ1) is 8.68. The van der Waals surface area contributed by atoms with Gasteiger partial charge in [-0.3, -0.25) is 0 Å². The van der Waals surface area contributed by atoms with Gasteiger partial charge in [-0.15, -0.1) is 0 Å². The van der Waals surface area contributed by atoms with Crippen LogP contribution in [-0.2, 0) is 4.74 Å². The topological polar surface area (TPSA) is 21.3 Å². The van der Waals surface area contributed by atoms with E-state index in [4.69, 9.17) is 4.74 Å². The van der Waals surface area contributed by atoms with Gasteiger partial charge in [0.2, 0.25) is 0 Å². The molecule has 0 aliphatic heterocycles. The zero-order valence-electron chi connectivity index (χ0n) is 12.9. The summed E-state index contributed by atoms with van der Waals surface area (Å²) in [5.74, 6) is 0.881. The first-order valence-electron chi connectivity index (χ1n) is 7.97. The Morgan fingerprint density at radius 1 is 1.22 bits per heavy atom. The summed E-state index contributed by atoms with van der Waals surface area (Å²) in [6.45, 7) is 8.01. The van der Waals surface area contributed by atoms with E-state index in [1.165, 1.54) is 51.4 Å². The molecule has 0 aromatic carbocycles. The molecule has 0 bridgehead atoms. The van der Waals surface area contributed by atoms with Crippen LogP contribution in [0.25, 0.3) is 0 Å². The standard InChI is InChI=1S/C16H33NO/c1-5-7-8-15(17-13-6-2)16(18-4)11-9-14(3)10-12-16/h14-15,17H,5-13H2,1-4H3. The van der Waals surface area contributed by atoms with Crippen LogP contribution in [0.4, 0.5) is 0 Å². The highest BCUT2D eigenvalue weighted by Crippen LogP contribution is 2.38. The first-order valence-corrected chi connectivity index (χ1v) is 7.97. The molecule has 0 saturated heterocycles. The number of ether oxygens (including phenoxy) is 1. The van der Waals surface area contributed by atoms with Crippen LogP contribution in [-0.4, -0.2) is 25.3 Å². The van der Waals surface area contributed by atoms with Gasteiger partial charge in [-0.1, -0.05) is 33.6 Å². The lowest BCUT2D eigenvalue weighted by Crippen LogP contribution is -2.54. The lowest BCUT2D eigenvalue weighted by atomic mass is 9.74. The summed E-state index contributed by atoms with van der Waals surface area (Å²) in [6, 6.07) is 0.551. The Morgan fingerprint density at radius 3 is 2.39 bits per heavy atom. The number of methoxy groups -OCH3 is 1. The van der Waals surface area contributed by atoms with Crippen molar-refractivity contribution in [2.75, 3.05) is 13.7 Å². The molecule has 0 radical (unpaired) electrons. The van der Waals surface area contributed by atoms with Crippen LogP contribution in [0.5, 0.6) is 0 Å². The molecule has 2 heteroatoms. The van der Waals surface area contributed by atoms with Crippen molar-refractivity contribution in [1.29, 1.82) is 0 Å². The molecule has 1 fully saturated rings. The molecule has 108 valence electrons. The van der Waals surface area contributed by atoms with Gasteiger partial charge in [0.15, 0.2) is 0 Å². The highest BCUT2D eigenvalue weighted by atomic mass is 16.5. The van der Waals surface area contributed by atoms with Crippen molar-refractivity contribution in [2.45, 2.75) is 83.8 Å². The minimum Gasteiger partial charge on any atom is -0.377 e. The van der Waals surface area contributed by atoms with E-state index in [2.05, 4.69) is 26.1 Å². The average Bonchev–Trinajstić information content (AvgIpc) is 2.41. The minimum atomic E-state index is 0.108. The van der Waals surface area contributed by atoms with Crippen molar-refractivity contribution >= 4 is 0 Å². The Bertz CT molecular complexity index is 201. The molecule has 1 saturated carbocycles. The smallest absolute Gasteiger partial charge is 0.0831 e. The van der Waals surface area contributed by atoms with Crippen molar-refractivity contribution in [1.82, 2.24) is 5.32 Å². The van der Waals surface area contributed by atoms with Gasteiger partial charge in [0.25, 0.3) is 0 Å². The second-order valence-corrected chi connectivity index (χ2v) is 6.10. The number of hydrogen-bond donors (Lipinski definition) is 1. The number of rotatable bonds is 8. The fraction of sp³-hybridized carbons (Fsp3) is 1.00. The molecule has 1 unspecified atom stereocenters. The lowest BCUT2D eigenvalue weighted by molar-refractivity contribution is -0.0767. The van der Waals surface area contributed by atoms with Crippen molar-refractivity contribution in [3.8, 4) is 0 Å². The predicted molar refractivity (Wildman–Crippen MR) is 79.0 cm³/mol. The van der Waals surface area contributed by atoms with Crippen molar-refractivity contribution in [3.63, 3.8) is 0 Å². The molecule has 2 nitrogen and oxygen atoms in total. The number of unbranched alkanes of at least 4 members (excludes halogenated alkanes) is 1. The summed E-state index contributed by atoms with van der Waals surface area (Å²) in [6.07, 6.45) is 10.2. The summed E-state index contributed by atoms with van der Waals surface area (Å²) in [5, 5.41) is 3.76. The summed E-state index contributed by atoms with van der Waals surface area (Å²) < 4.78 is 6.02. The van der Waals surface area contributed by atoms with Crippen LogP contribution in [0.1, 0.15) is 72.1 Å². The highest BCUT2D eigenvalue weighted by Gasteiger charge is 2.40. The van der Waals surface area contributed by atoms with Crippen molar-refractivity contribution in [3.05, 3.63) is 0 Å². The molecular formula is C16H33NO. The highest BCUT2D eigenvalue weighted by molar-refractivity contribution is 4.96. The quantitative estimate of drug-likeness (QED) is 0.704. The first kappa shape index (κ1) is 16.0. The molecule has 0 aromatic heterocycles. The third kappa shape index (κ3) is 4.24. The van der Waals surface area contributed by atoms with E-state index in [0.717, 1.165) is 12.5 Å². The second kappa shape index (κ2) is 8.16. The second-order valence-electron chi connectivity index (χ2n) is 6.10. The van der Waals surface area contributed by atoms with Crippen LogP contribution in [0.2, 0.25) is 0 Å². The fourth-order valence-corrected chi connectivity index (χ4v) is 3.22. The maximum atomic E-state index is 6.02. The molecular weight excluding hydrogens is 222 g/mol. The van der Waals surface area contributed by atoms with Crippen LogP contribution in [0, 0.1) is 5.92 Å². The maximum absolute atomic E-state index is 6.02. The van der Waals surface area contributed by atoms with Gasteiger partial charge in [-0.05, 0) is 51.0 Å². The van der Waals surface area contributed by atoms with Crippen LogP contribution >= 0.6 is 0 Å². The van der Waals surface area contributed by atoms with Crippen LogP contribution in [0.15, 0.2) is 0 Å². The monoisotopic (exact) mass is 255 g/mol. The molecule has 1 rings (SSSR count). The van der Waals surface area contributed by atoms with Crippen molar-refractivity contribution < 1.29 is 4.74 Å². The zero-order valence-corrected chi connectivity index (χ0v) is 12.9. The SMILES string of the molecule is CCCCC(NCCC)C1(OC)CCC(C)CC1. The van der Waals surface area contributed by atoms with Crippen LogP contribution in [0.3, 0.4) is 0 Å². The van der Waals surface area contributed by atoms with Gasteiger partial charge in [0.1, 0.15) is 0 Å². The third-order valence-corrected chi connectivity index (χ3v) is 4.65. The number of hydrogen-bond acceptors (Lipinski definition) is 2. The fourth-order valence-electron chi connectivity index (χ4n) is 3.22. The van der Waals surface area contributed by atoms with E-state index in [9.17, 15) is 0 Å². The van der Waals surface area contributed by atoms with E-state index in [0.29, 0.717) is 6.04 Å². The Kier molecular flexibility index (Phi) is 7.25. The van der Waals surface area contributed by atoms with Gasteiger partial charge in [0.05, 0.1) is 5.60 Å². The van der Waals surface area contributed by atoms with E-state index in [1.807, 2.05) is 7.11 Å². The molecule has 0 amide bonds. The van der Waals surface area contributed by atoms with E-state index < -0.39 is 0 Å².